The van der Waals surface area contributed by atoms with E-state index in [9.17, 15) is 13.2 Å². The molecule has 5 nitrogen and oxygen atoms in total. The van der Waals surface area contributed by atoms with E-state index in [1.54, 1.807) is 42.1 Å². The van der Waals surface area contributed by atoms with E-state index in [4.69, 9.17) is 0 Å². The Bertz CT molecular complexity index is 1050. The summed E-state index contributed by atoms with van der Waals surface area (Å²) >= 11 is 3.38. The van der Waals surface area contributed by atoms with Crippen LogP contribution in [0.3, 0.4) is 0 Å². The second kappa shape index (κ2) is 6.07. The Kier molecular flexibility index (Phi) is 4.23. The topological polar surface area (TPSA) is 61.1 Å². The third-order valence-corrected chi connectivity index (χ3v) is 5.37. The minimum Gasteiger partial charge on any atom is -0.301 e. The molecule has 0 fully saturated rings. The summed E-state index contributed by atoms with van der Waals surface area (Å²) < 4.78 is 27.2. The van der Waals surface area contributed by atoms with Gasteiger partial charge >= 0.3 is 5.69 Å². The Balaban J connectivity index is 2.17. The summed E-state index contributed by atoms with van der Waals surface area (Å²) in [5.41, 5.74) is 2.04. The fraction of sp³-hybridized carbons (Fsp3) is 0.118. The summed E-state index contributed by atoms with van der Waals surface area (Å²) in [5.74, 6) is 0. The van der Waals surface area contributed by atoms with Gasteiger partial charge in [-0.1, -0.05) is 28.1 Å². The molecule has 0 bridgehead atoms. The van der Waals surface area contributed by atoms with E-state index in [2.05, 4.69) is 15.9 Å². The number of nitrogens with zero attached hydrogens (tertiary/aromatic N) is 2. The van der Waals surface area contributed by atoms with E-state index in [-0.39, 0.29) is 10.6 Å². The molecule has 0 radical (unpaired) electrons. The zero-order valence-electron chi connectivity index (χ0n) is 13.1. The lowest BCUT2D eigenvalue weighted by molar-refractivity contribution is 0.602. The zero-order valence-corrected chi connectivity index (χ0v) is 15.5. The summed E-state index contributed by atoms with van der Waals surface area (Å²) in [7, 11) is -1.56. The lowest BCUT2D eigenvalue weighted by atomic mass is 10.1. The first kappa shape index (κ1) is 16.7. The molecule has 0 amide bonds. The lowest BCUT2D eigenvalue weighted by Crippen LogP contribution is -2.21. The minimum absolute atomic E-state index is 0.167. The maximum absolute atomic E-state index is 12.5. The fourth-order valence-corrected chi connectivity index (χ4v) is 3.37. The quantitative estimate of drug-likeness (QED) is 0.671. The maximum Gasteiger partial charge on any atom is 0.332 e. The summed E-state index contributed by atoms with van der Waals surface area (Å²) in [4.78, 5) is 12.7. The van der Waals surface area contributed by atoms with Gasteiger partial charge in [-0.05, 0) is 36.4 Å². The molecule has 0 spiro atoms. The van der Waals surface area contributed by atoms with Gasteiger partial charge in [0.05, 0.1) is 16.3 Å². The monoisotopic (exact) mass is 406 g/mol. The molecular formula is C17H15BrN2O3S. The minimum atomic E-state index is -3.25. The second-order valence-corrected chi connectivity index (χ2v) is 8.45. The predicted octanol–water partition coefficient (Wildman–Crippen LogP) is 3.01. The number of hydrogen-bond donors (Lipinski definition) is 0. The van der Waals surface area contributed by atoms with Gasteiger partial charge in [0, 0.05) is 29.5 Å². The third-order valence-electron chi connectivity index (χ3n) is 3.71. The molecule has 3 aromatic rings. The predicted molar refractivity (Wildman–Crippen MR) is 97.3 cm³/mol. The van der Waals surface area contributed by atoms with Crippen molar-refractivity contribution in [3.8, 4) is 16.9 Å². The van der Waals surface area contributed by atoms with Crippen molar-refractivity contribution in [2.45, 2.75) is 4.90 Å². The molecule has 0 aliphatic carbocycles. The molecule has 124 valence electrons. The van der Waals surface area contributed by atoms with Gasteiger partial charge in [0.1, 0.15) is 0 Å². The highest BCUT2D eigenvalue weighted by Gasteiger charge is 2.14. The van der Waals surface area contributed by atoms with E-state index < -0.39 is 9.84 Å². The number of hydrogen-bond acceptors (Lipinski definition) is 3. The molecular weight excluding hydrogens is 392 g/mol. The summed E-state index contributed by atoms with van der Waals surface area (Å²) in [6.45, 7) is 0. The summed E-state index contributed by atoms with van der Waals surface area (Å²) in [6.07, 6.45) is 2.90. The van der Waals surface area contributed by atoms with Gasteiger partial charge in [0.15, 0.2) is 9.84 Å². The van der Waals surface area contributed by atoms with E-state index >= 15 is 0 Å². The molecule has 0 N–H and O–H groups in total. The highest BCUT2D eigenvalue weighted by molar-refractivity contribution is 9.10. The van der Waals surface area contributed by atoms with Crippen LogP contribution in [0.4, 0.5) is 0 Å². The molecule has 0 saturated carbocycles. The maximum atomic E-state index is 12.5. The van der Waals surface area contributed by atoms with Crippen LogP contribution in [0.15, 0.2) is 68.9 Å². The number of imidazole rings is 1. The highest BCUT2D eigenvalue weighted by Crippen LogP contribution is 2.24. The first-order valence-corrected chi connectivity index (χ1v) is 9.80. The van der Waals surface area contributed by atoms with Crippen LogP contribution in [0.5, 0.6) is 0 Å². The Labute approximate surface area is 148 Å². The molecule has 0 atom stereocenters. The van der Waals surface area contributed by atoms with Crippen molar-refractivity contribution in [3.05, 3.63) is 69.7 Å². The summed E-state index contributed by atoms with van der Waals surface area (Å²) in [6, 6.07) is 13.9. The molecule has 0 aliphatic heterocycles. The molecule has 0 unspecified atom stereocenters. The van der Waals surface area contributed by atoms with E-state index in [1.165, 1.54) is 10.8 Å². The van der Waals surface area contributed by atoms with Crippen LogP contribution in [0.25, 0.3) is 16.9 Å². The first-order chi connectivity index (χ1) is 11.3. The van der Waals surface area contributed by atoms with Crippen LogP contribution >= 0.6 is 15.9 Å². The van der Waals surface area contributed by atoms with Gasteiger partial charge in [0.25, 0.3) is 0 Å². The number of halogens is 1. The molecule has 7 heteroatoms. The molecule has 0 saturated heterocycles. The molecule has 3 rings (SSSR count). The van der Waals surface area contributed by atoms with Crippen molar-refractivity contribution in [2.75, 3.05) is 6.26 Å². The van der Waals surface area contributed by atoms with Crippen molar-refractivity contribution in [1.82, 2.24) is 9.13 Å². The molecule has 24 heavy (non-hydrogen) atoms. The lowest BCUT2D eigenvalue weighted by Gasteiger charge is -2.08. The average Bonchev–Trinajstić information content (AvgIpc) is 2.83. The number of aromatic nitrogens is 2. The van der Waals surface area contributed by atoms with E-state index in [0.29, 0.717) is 5.69 Å². The summed E-state index contributed by atoms with van der Waals surface area (Å²) in [5, 5.41) is 0. The average molecular weight is 407 g/mol. The van der Waals surface area contributed by atoms with Crippen LogP contribution in [0.2, 0.25) is 0 Å². The van der Waals surface area contributed by atoms with Crippen LogP contribution in [0.1, 0.15) is 0 Å². The Morgan fingerprint density at radius 2 is 1.54 bits per heavy atom. The van der Waals surface area contributed by atoms with Crippen LogP contribution < -0.4 is 5.69 Å². The molecule has 0 aliphatic rings. The van der Waals surface area contributed by atoms with Crippen LogP contribution in [0, 0.1) is 0 Å². The van der Waals surface area contributed by atoms with Crippen LogP contribution in [-0.4, -0.2) is 23.8 Å². The highest BCUT2D eigenvalue weighted by atomic mass is 79.9. The van der Waals surface area contributed by atoms with Crippen molar-refractivity contribution in [1.29, 1.82) is 0 Å². The second-order valence-electron chi connectivity index (χ2n) is 5.52. The molecule has 1 heterocycles. The van der Waals surface area contributed by atoms with Gasteiger partial charge in [-0.15, -0.1) is 0 Å². The third kappa shape index (κ3) is 3.09. The van der Waals surface area contributed by atoms with Crippen molar-refractivity contribution in [2.24, 2.45) is 7.05 Å². The first-order valence-electron chi connectivity index (χ1n) is 7.12. The molecule has 2 aromatic carbocycles. The number of benzene rings is 2. The van der Waals surface area contributed by atoms with Gasteiger partial charge in [-0.2, -0.15) is 0 Å². The van der Waals surface area contributed by atoms with Crippen molar-refractivity contribution < 1.29 is 8.42 Å². The number of rotatable bonds is 3. The number of aryl methyl sites for hydroxylation is 1. The van der Waals surface area contributed by atoms with Gasteiger partial charge in [-0.25, -0.2) is 13.2 Å². The van der Waals surface area contributed by atoms with Gasteiger partial charge < -0.3 is 4.57 Å². The SMILES string of the molecule is Cn1cc(-c2ccc(S(C)(=O)=O)cc2)n(-c2ccc(Br)cc2)c1=O. The van der Waals surface area contributed by atoms with Crippen molar-refractivity contribution in [3.63, 3.8) is 0 Å². The van der Waals surface area contributed by atoms with E-state index in [0.717, 1.165) is 15.7 Å². The van der Waals surface area contributed by atoms with Gasteiger partial charge in [-0.3, -0.25) is 4.57 Å². The Morgan fingerprint density at radius 3 is 2.08 bits per heavy atom. The Hall–Kier alpha value is -2.12. The van der Waals surface area contributed by atoms with Crippen LogP contribution in [-0.2, 0) is 16.9 Å². The van der Waals surface area contributed by atoms with Crippen molar-refractivity contribution >= 4 is 25.8 Å². The fourth-order valence-electron chi connectivity index (χ4n) is 2.47. The molecule has 1 aromatic heterocycles. The zero-order chi connectivity index (χ0) is 17.5. The smallest absolute Gasteiger partial charge is 0.301 e. The van der Waals surface area contributed by atoms with E-state index in [1.807, 2.05) is 24.3 Å². The Morgan fingerprint density at radius 1 is 0.958 bits per heavy atom. The normalized spacial score (nSPS) is 11.6. The standard InChI is InChI=1S/C17H15BrN2O3S/c1-19-11-16(12-3-9-15(10-4-12)24(2,22)23)20(17(19)21)14-7-5-13(18)6-8-14/h3-11H,1-2H3. The number of sulfone groups is 1. The largest absolute Gasteiger partial charge is 0.332 e. The van der Waals surface area contributed by atoms with Gasteiger partial charge in [0.2, 0.25) is 0 Å².